The highest BCUT2D eigenvalue weighted by Crippen LogP contribution is 2.34. The zero-order valence-electron chi connectivity index (χ0n) is 38.4. The van der Waals surface area contributed by atoms with E-state index in [2.05, 4.69) is 0 Å². The number of aliphatic hydroxyl groups is 9. The molecule has 22 nitrogen and oxygen atoms in total. The molecule has 3 fully saturated rings. The lowest BCUT2D eigenvalue weighted by atomic mass is 9.79. The number of rotatable bonds is 18. The maximum Gasteiger partial charge on any atom is 0.336 e. The van der Waals surface area contributed by atoms with Crippen molar-refractivity contribution in [3.63, 3.8) is 0 Å². The molecule has 4 rings (SSSR count). The van der Waals surface area contributed by atoms with E-state index in [4.69, 9.17) is 28.4 Å². The molecule has 0 radical (unpaired) electrons. The van der Waals surface area contributed by atoms with Crippen LogP contribution in [-0.4, -0.2) is 184 Å². The third-order valence-corrected chi connectivity index (χ3v) is 11.2. The van der Waals surface area contributed by atoms with E-state index < -0.39 is 141 Å². The highest BCUT2D eigenvalue weighted by molar-refractivity contribution is 5.89. The number of aliphatic hydroxyl groups excluding tert-OH is 8. The van der Waals surface area contributed by atoms with Gasteiger partial charge in [0.1, 0.15) is 54.9 Å². The Morgan fingerprint density at radius 2 is 1.20 bits per heavy atom. The molecule has 1 aliphatic carbocycles. The molecular formula is C48H60O22. The molecule has 70 heavy (non-hydrogen) atoms. The van der Waals surface area contributed by atoms with Crippen molar-refractivity contribution in [2.24, 2.45) is 0 Å². The molecule has 2 saturated heterocycles. The van der Waals surface area contributed by atoms with E-state index in [-0.39, 0.29) is 16.9 Å². The number of hydrogen-bond donors (Lipinski definition) is 12. The van der Waals surface area contributed by atoms with E-state index in [0.717, 1.165) is 23.3 Å². The van der Waals surface area contributed by atoms with E-state index in [0.29, 0.717) is 5.56 Å². The number of allylic oxidation sites excluding steroid dienone is 12. The summed E-state index contributed by atoms with van der Waals surface area (Å²) in [7, 11) is 0. The number of carboxylic acid groups (broad SMARTS) is 1. The van der Waals surface area contributed by atoms with Gasteiger partial charge in [0.05, 0.1) is 19.3 Å². The first kappa shape index (κ1) is 56.7. The normalized spacial score (nSPS) is 32.7. The summed E-state index contributed by atoms with van der Waals surface area (Å²) >= 11 is 0. The molecule has 1 aromatic carbocycles. The minimum Gasteiger partial charge on any atom is -0.504 e. The summed E-state index contributed by atoms with van der Waals surface area (Å²) in [6.07, 6.45) is -4.47. The Bertz CT molecular complexity index is 2260. The summed E-state index contributed by atoms with van der Waals surface area (Å²) in [4.78, 5) is 50.4. The maximum absolute atomic E-state index is 13.0. The molecule has 0 bridgehead atoms. The van der Waals surface area contributed by atoms with E-state index in [1.807, 2.05) is 0 Å². The van der Waals surface area contributed by atoms with Gasteiger partial charge in [0, 0.05) is 30.1 Å². The van der Waals surface area contributed by atoms with Crippen molar-refractivity contribution in [3.05, 3.63) is 113 Å². The number of hydrogen-bond acceptors (Lipinski definition) is 21. The molecule has 14 atom stereocenters. The summed E-state index contributed by atoms with van der Waals surface area (Å²) in [5.41, 5.74) is -0.549. The van der Waals surface area contributed by atoms with Gasteiger partial charge in [-0.15, -0.1) is 0 Å². The molecule has 0 amide bonds. The van der Waals surface area contributed by atoms with Crippen LogP contribution in [0.5, 0.6) is 11.5 Å². The number of aromatic hydroxyl groups is 2. The van der Waals surface area contributed by atoms with Gasteiger partial charge in [0.15, 0.2) is 29.5 Å². The number of carboxylic acids is 1. The van der Waals surface area contributed by atoms with E-state index in [1.165, 1.54) is 44.2 Å². The van der Waals surface area contributed by atoms with Gasteiger partial charge in [-0.2, -0.15) is 0 Å². The summed E-state index contributed by atoms with van der Waals surface area (Å²) < 4.78 is 32.1. The number of aliphatic carboxylic acids is 1. The second-order valence-corrected chi connectivity index (χ2v) is 16.8. The lowest BCUT2D eigenvalue weighted by Crippen LogP contribution is -2.61. The number of phenols is 2. The van der Waals surface area contributed by atoms with Crippen LogP contribution in [0.4, 0.5) is 0 Å². The van der Waals surface area contributed by atoms with Gasteiger partial charge in [-0.3, -0.25) is 0 Å². The van der Waals surface area contributed by atoms with Crippen LogP contribution in [0.3, 0.4) is 0 Å². The van der Waals surface area contributed by atoms with Gasteiger partial charge in [-0.1, -0.05) is 78.0 Å². The third-order valence-electron chi connectivity index (χ3n) is 11.2. The molecule has 384 valence electrons. The standard InChI is InChI=1S/C48H60O22/c1-24(11-7-13-26(3)43(60)69-42-31(52)20-48(64,47(62)63)21-32(42)66-35(53)18-16-28-15-17-29(50)30(51)19-28)9-5-6-10-25(2)12-8-14-27(4)44(61)70-46-41(59)39(57)37(55)34(68-46)23-65-45-40(58)38(56)36(54)33(22-49)67-45/h5-19,31-34,36-42,45-46,49-52,54-59,64H,20-23H2,1-4H3,(H,62,63)/b6-5+,11-7+,12-8+,18-16+,24-9+,25-10-,26-13+,27-14+/t31-,32-,33-,34-,36-,37-,38+,39+,40-,41-,42-,45-,46+,48+/m1/s1. The molecule has 0 aromatic heterocycles. The van der Waals surface area contributed by atoms with E-state index in [1.54, 1.807) is 62.5 Å². The Kier molecular flexibility index (Phi) is 20.9. The van der Waals surface area contributed by atoms with Gasteiger partial charge in [0.2, 0.25) is 6.29 Å². The summed E-state index contributed by atoms with van der Waals surface area (Å²) in [5.74, 6) is -5.41. The van der Waals surface area contributed by atoms with Crippen LogP contribution in [-0.2, 0) is 47.6 Å². The van der Waals surface area contributed by atoms with Gasteiger partial charge in [0.25, 0.3) is 0 Å². The van der Waals surface area contributed by atoms with Crippen molar-refractivity contribution in [2.45, 2.75) is 126 Å². The van der Waals surface area contributed by atoms with Crippen molar-refractivity contribution in [1.82, 2.24) is 0 Å². The smallest absolute Gasteiger partial charge is 0.336 e. The quantitative estimate of drug-likeness (QED) is 0.0291. The third kappa shape index (κ3) is 15.6. The van der Waals surface area contributed by atoms with Crippen LogP contribution in [0, 0.1) is 0 Å². The minimum absolute atomic E-state index is 0.0659. The van der Waals surface area contributed by atoms with Crippen LogP contribution in [0.25, 0.3) is 6.08 Å². The molecule has 2 aliphatic heterocycles. The molecule has 3 aliphatic rings. The molecule has 12 N–H and O–H groups in total. The first-order valence-corrected chi connectivity index (χ1v) is 21.8. The highest BCUT2D eigenvalue weighted by Gasteiger charge is 2.53. The van der Waals surface area contributed by atoms with Gasteiger partial charge in [-0.25, -0.2) is 19.2 Å². The van der Waals surface area contributed by atoms with Crippen molar-refractivity contribution in [1.29, 1.82) is 0 Å². The van der Waals surface area contributed by atoms with Crippen LogP contribution in [0.15, 0.2) is 107 Å². The Labute approximate surface area is 401 Å². The number of carbonyl (C=O) groups is 4. The number of benzene rings is 1. The fraction of sp³-hybridized carbons (Fsp3) is 0.458. The summed E-state index contributed by atoms with van der Waals surface area (Å²) in [5, 5.41) is 121. The molecular weight excluding hydrogens is 929 g/mol. The largest absolute Gasteiger partial charge is 0.504 e. The lowest BCUT2D eigenvalue weighted by Gasteiger charge is -2.42. The lowest BCUT2D eigenvalue weighted by molar-refractivity contribution is -0.326. The molecule has 0 spiro atoms. The molecule has 1 aromatic rings. The minimum atomic E-state index is -2.50. The molecule has 22 heteroatoms. The number of esters is 3. The zero-order chi connectivity index (χ0) is 52.0. The fourth-order valence-corrected chi connectivity index (χ4v) is 6.99. The van der Waals surface area contributed by atoms with Crippen molar-refractivity contribution in [3.8, 4) is 11.5 Å². The second-order valence-electron chi connectivity index (χ2n) is 16.8. The van der Waals surface area contributed by atoms with Crippen molar-refractivity contribution in [2.75, 3.05) is 13.2 Å². The number of carbonyl (C=O) groups excluding carboxylic acids is 3. The Morgan fingerprint density at radius 3 is 1.76 bits per heavy atom. The van der Waals surface area contributed by atoms with Crippen molar-refractivity contribution < 1.29 is 109 Å². The fourth-order valence-electron chi connectivity index (χ4n) is 6.99. The van der Waals surface area contributed by atoms with Crippen LogP contribution in [0.2, 0.25) is 0 Å². The second kappa shape index (κ2) is 25.8. The van der Waals surface area contributed by atoms with E-state index >= 15 is 0 Å². The maximum atomic E-state index is 13.0. The first-order valence-electron chi connectivity index (χ1n) is 21.8. The Hall–Kier alpha value is -5.86. The van der Waals surface area contributed by atoms with Crippen LogP contribution >= 0.6 is 0 Å². The number of ether oxygens (including phenoxy) is 6. The average molecular weight is 989 g/mol. The molecule has 0 unspecified atom stereocenters. The number of phenolic OH excluding ortho intramolecular Hbond substituents is 2. The van der Waals surface area contributed by atoms with Gasteiger partial charge in [-0.05, 0) is 51.5 Å². The predicted octanol–water partition coefficient (Wildman–Crippen LogP) is -0.474. The van der Waals surface area contributed by atoms with Gasteiger partial charge >= 0.3 is 23.9 Å². The van der Waals surface area contributed by atoms with Crippen LogP contribution in [0.1, 0.15) is 46.1 Å². The van der Waals surface area contributed by atoms with Gasteiger partial charge < -0.3 is 89.7 Å². The summed E-state index contributed by atoms with van der Waals surface area (Å²) in [6.45, 7) is 5.09. The Balaban J connectivity index is 1.28. The molecule has 1 saturated carbocycles. The SMILES string of the molecule is CC(=C/C=C/C=C(C)/C=C/C=C(\C)C(=O)O[C@@H]1[C@H](O)C[C@@](O)(C(=O)O)C[C@H]1OC(=O)/C=C/c1ccc(O)c(O)c1)/C=C/C=C(\C)C(=O)O[C@@H]1O[C@H](CO[C@@H]2O[C@H](CO)[C@@H](O)[C@H](O)[C@H]2O)[C@@H](O)[C@H](O)[C@H]1O. The monoisotopic (exact) mass is 988 g/mol. The van der Waals surface area contributed by atoms with Crippen LogP contribution < -0.4 is 0 Å². The highest BCUT2D eigenvalue weighted by atomic mass is 16.7. The van der Waals surface area contributed by atoms with Crippen molar-refractivity contribution >= 4 is 30.0 Å². The topological polar surface area (TPSA) is 366 Å². The zero-order valence-corrected chi connectivity index (χ0v) is 38.4. The summed E-state index contributed by atoms with van der Waals surface area (Å²) in [6, 6.07) is 3.73. The van der Waals surface area contributed by atoms with E-state index in [9.17, 15) is 80.5 Å². The first-order chi connectivity index (χ1) is 33.0. The average Bonchev–Trinajstić information content (AvgIpc) is 3.31. The predicted molar refractivity (Wildman–Crippen MR) is 241 cm³/mol. The Morgan fingerprint density at radius 1 is 0.657 bits per heavy atom. The molecule has 2 heterocycles.